The second-order valence-electron chi connectivity index (χ2n) is 7.18. The molecule has 2 N–H and O–H groups in total. The summed E-state index contributed by atoms with van der Waals surface area (Å²) in [7, 11) is 0. The summed E-state index contributed by atoms with van der Waals surface area (Å²) in [5, 5.41) is 8.17. The lowest BCUT2D eigenvalue weighted by Gasteiger charge is -2.33. The number of anilines is 1. The number of rotatable bonds is 7. The number of nitrogens with zero attached hydrogens (tertiary/aromatic N) is 4. The van der Waals surface area contributed by atoms with E-state index < -0.39 is 0 Å². The van der Waals surface area contributed by atoms with Crippen LogP contribution in [0.15, 0.2) is 29.5 Å². The number of nitrogens with one attached hydrogen (secondary N) is 2. The molecular weight excluding hydrogens is 368 g/mol. The molecule has 0 saturated carbocycles. The van der Waals surface area contributed by atoms with Crippen molar-refractivity contribution in [1.82, 2.24) is 20.6 Å². The Balaban J connectivity index is 1.48. The molecule has 0 spiro atoms. The zero-order chi connectivity index (χ0) is 19.8. The van der Waals surface area contributed by atoms with Gasteiger partial charge < -0.3 is 15.5 Å². The van der Waals surface area contributed by atoms with Crippen molar-refractivity contribution in [2.75, 3.05) is 31.1 Å². The second kappa shape index (κ2) is 10.4. The average molecular weight is 401 g/mol. The molecule has 3 heterocycles. The molecule has 0 unspecified atom stereocenters. The van der Waals surface area contributed by atoms with Crippen molar-refractivity contribution in [3.63, 3.8) is 0 Å². The van der Waals surface area contributed by atoms with E-state index in [-0.39, 0.29) is 0 Å². The summed E-state index contributed by atoms with van der Waals surface area (Å²) in [4.78, 5) is 17.5. The van der Waals surface area contributed by atoms with Crippen molar-refractivity contribution < 1.29 is 0 Å². The molecule has 0 atom stereocenters. The third kappa shape index (κ3) is 5.92. The quantitative estimate of drug-likeness (QED) is 0.552. The highest BCUT2D eigenvalue weighted by Gasteiger charge is 2.20. The van der Waals surface area contributed by atoms with Crippen molar-refractivity contribution >= 4 is 23.1 Å². The minimum absolute atomic E-state index is 0.450. The maximum atomic E-state index is 4.76. The van der Waals surface area contributed by atoms with Gasteiger partial charge in [-0.3, -0.25) is 4.99 Å². The largest absolute Gasteiger partial charge is 0.357 e. The first-order chi connectivity index (χ1) is 13.7. The molecular formula is C21H32N6S. The fraction of sp³-hybridized carbons (Fsp3) is 0.571. The van der Waals surface area contributed by atoms with Crippen molar-refractivity contribution in [2.24, 2.45) is 4.99 Å². The Hall–Kier alpha value is -2.15. The number of hydrogen-bond donors (Lipinski definition) is 2. The summed E-state index contributed by atoms with van der Waals surface area (Å²) >= 11 is 1.80. The molecule has 2 aromatic heterocycles. The molecule has 0 radical (unpaired) electrons. The first-order valence-corrected chi connectivity index (χ1v) is 11.2. The first-order valence-electron chi connectivity index (χ1n) is 10.3. The molecule has 7 heteroatoms. The van der Waals surface area contributed by atoms with Gasteiger partial charge in [-0.15, -0.1) is 11.3 Å². The maximum absolute atomic E-state index is 4.76. The van der Waals surface area contributed by atoms with Gasteiger partial charge in [0.2, 0.25) is 0 Å². The van der Waals surface area contributed by atoms with Crippen LogP contribution in [-0.4, -0.2) is 48.1 Å². The minimum atomic E-state index is 0.450. The van der Waals surface area contributed by atoms with E-state index in [1.807, 2.05) is 12.4 Å². The smallest absolute Gasteiger partial charge is 0.191 e. The van der Waals surface area contributed by atoms with Crippen molar-refractivity contribution in [1.29, 1.82) is 0 Å². The molecule has 1 aliphatic heterocycles. The van der Waals surface area contributed by atoms with Crippen LogP contribution in [0.5, 0.6) is 0 Å². The Morgan fingerprint density at radius 3 is 2.68 bits per heavy atom. The number of piperidine rings is 1. The Morgan fingerprint density at radius 1 is 1.21 bits per heavy atom. The van der Waals surface area contributed by atoms with Crippen LogP contribution < -0.4 is 15.5 Å². The van der Waals surface area contributed by atoms with Crippen LogP contribution in [0.2, 0.25) is 0 Å². The fourth-order valence-corrected chi connectivity index (χ4v) is 4.15. The number of aryl methyl sites for hydroxylation is 2. The molecule has 0 aromatic carbocycles. The summed E-state index contributed by atoms with van der Waals surface area (Å²) in [5.74, 6) is 2.00. The lowest BCUT2D eigenvalue weighted by molar-refractivity contribution is 0.459. The molecule has 2 aromatic rings. The maximum Gasteiger partial charge on any atom is 0.191 e. The zero-order valence-corrected chi connectivity index (χ0v) is 18.1. The van der Waals surface area contributed by atoms with E-state index >= 15 is 0 Å². The van der Waals surface area contributed by atoms with Gasteiger partial charge in [-0.05, 0) is 44.7 Å². The second-order valence-corrected chi connectivity index (χ2v) is 8.38. The van der Waals surface area contributed by atoms with Gasteiger partial charge in [0, 0.05) is 55.9 Å². The average Bonchev–Trinajstić information content (AvgIpc) is 3.17. The first kappa shape index (κ1) is 20.6. The Morgan fingerprint density at radius 2 is 2.04 bits per heavy atom. The number of guanidine groups is 1. The number of hydrogen-bond acceptors (Lipinski definition) is 5. The Labute approximate surface area is 172 Å². The third-order valence-electron chi connectivity index (χ3n) is 4.95. The normalized spacial score (nSPS) is 15.7. The zero-order valence-electron chi connectivity index (χ0n) is 17.2. The minimum Gasteiger partial charge on any atom is -0.357 e. The molecule has 0 amide bonds. The molecule has 1 saturated heterocycles. The number of aliphatic imine (C=N–C) groups is 1. The Bertz CT molecular complexity index is 747. The van der Waals surface area contributed by atoms with E-state index in [1.165, 1.54) is 15.4 Å². The lowest BCUT2D eigenvalue weighted by Crippen LogP contribution is -2.49. The molecule has 6 nitrogen and oxygen atoms in total. The highest BCUT2D eigenvalue weighted by Crippen LogP contribution is 2.18. The summed E-state index contributed by atoms with van der Waals surface area (Å²) in [5.41, 5.74) is 1.20. The molecule has 28 heavy (non-hydrogen) atoms. The van der Waals surface area contributed by atoms with Gasteiger partial charge in [-0.25, -0.2) is 9.97 Å². The summed E-state index contributed by atoms with van der Waals surface area (Å²) in [6.45, 7) is 10.0. The van der Waals surface area contributed by atoms with E-state index in [9.17, 15) is 0 Å². The van der Waals surface area contributed by atoms with Crippen LogP contribution in [0.4, 0.5) is 5.82 Å². The van der Waals surface area contributed by atoms with Crippen LogP contribution in [-0.2, 0) is 12.8 Å². The summed E-state index contributed by atoms with van der Waals surface area (Å²) < 4.78 is 0. The van der Waals surface area contributed by atoms with E-state index in [1.54, 1.807) is 11.3 Å². The predicted molar refractivity (Wildman–Crippen MR) is 119 cm³/mol. The van der Waals surface area contributed by atoms with Crippen LogP contribution in [0, 0.1) is 6.92 Å². The standard InChI is InChI=1S/C21H32N6S/c1-4-18-15-25-20(28-18)8-11-23-21(22-5-2)26-17-9-12-27(13-10-17)19-7-6-16(3)14-24-19/h6-7,14-15,17H,4-5,8-13H2,1-3H3,(H2,22,23,26). The molecule has 0 bridgehead atoms. The topological polar surface area (TPSA) is 65.4 Å². The van der Waals surface area contributed by atoms with Crippen LogP contribution >= 0.6 is 11.3 Å². The molecule has 1 fully saturated rings. The van der Waals surface area contributed by atoms with Crippen molar-refractivity contribution in [2.45, 2.75) is 52.5 Å². The molecule has 152 valence electrons. The van der Waals surface area contributed by atoms with Crippen molar-refractivity contribution in [3.05, 3.63) is 40.0 Å². The number of pyridine rings is 1. The highest BCUT2D eigenvalue weighted by molar-refractivity contribution is 7.11. The third-order valence-corrected chi connectivity index (χ3v) is 6.15. The van der Waals surface area contributed by atoms with E-state index in [2.05, 4.69) is 58.4 Å². The molecule has 3 rings (SSSR count). The van der Waals surface area contributed by atoms with Crippen LogP contribution in [0.25, 0.3) is 0 Å². The summed E-state index contributed by atoms with van der Waals surface area (Å²) in [6, 6.07) is 4.71. The lowest BCUT2D eigenvalue weighted by atomic mass is 10.1. The Kier molecular flexibility index (Phi) is 7.65. The number of thiazole rings is 1. The number of aromatic nitrogens is 2. The van der Waals surface area contributed by atoms with Crippen LogP contribution in [0.3, 0.4) is 0 Å². The SMILES string of the molecule is CCNC(=NCCc1ncc(CC)s1)NC1CCN(c2ccc(C)cn2)CC1. The highest BCUT2D eigenvalue weighted by atomic mass is 32.1. The monoisotopic (exact) mass is 400 g/mol. The van der Waals surface area contributed by atoms with Gasteiger partial charge in [-0.2, -0.15) is 0 Å². The van der Waals surface area contributed by atoms with E-state index in [4.69, 9.17) is 4.99 Å². The van der Waals surface area contributed by atoms with Gasteiger partial charge >= 0.3 is 0 Å². The van der Waals surface area contributed by atoms with Gasteiger partial charge in [0.1, 0.15) is 5.82 Å². The summed E-state index contributed by atoms with van der Waals surface area (Å²) in [6.07, 6.45) is 8.07. The van der Waals surface area contributed by atoms with Gasteiger partial charge in [-0.1, -0.05) is 13.0 Å². The molecule has 0 aliphatic carbocycles. The predicted octanol–water partition coefficient (Wildman–Crippen LogP) is 3.18. The van der Waals surface area contributed by atoms with Gasteiger partial charge in [0.25, 0.3) is 0 Å². The van der Waals surface area contributed by atoms with Gasteiger partial charge in [0.05, 0.1) is 5.01 Å². The van der Waals surface area contributed by atoms with Crippen molar-refractivity contribution in [3.8, 4) is 0 Å². The fourth-order valence-electron chi connectivity index (χ4n) is 3.30. The van der Waals surface area contributed by atoms with Gasteiger partial charge in [0.15, 0.2) is 5.96 Å². The van der Waals surface area contributed by atoms with E-state index in [0.29, 0.717) is 6.04 Å². The molecule has 1 aliphatic rings. The van der Waals surface area contributed by atoms with Crippen LogP contribution in [0.1, 0.15) is 42.1 Å². The van der Waals surface area contributed by atoms with E-state index in [0.717, 1.165) is 63.6 Å².